The first-order chi connectivity index (χ1) is 13.0. The van der Waals surface area contributed by atoms with Crippen molar-refractivity contribution in [2.24, 2.45) is 0 Å². The molecule has 1 aliphatic heterocycles. The van der Waals surface area contributed by atoms with Gasteiger partial charge in [0.05, 0.1) is 7.11 Å². The maximum absolute atomic E-state index is 12.2. The molecule has 2 aromatic carbocycles. The van der Waals surface area contributed by atoms with Gasteiger partial charge in [0.1, 0.15) is 12.3 Å². The topological polar surface area (TPSA) is 67.9 Å². The fraction of sp³-hybridized carbons (Fsp3) is 0.200. The van der Waals surface area contributed by atoms with Gasteiger partial charge in [-0.1, -0.05) is 34.1 Å². The van der Waals surface area contributed by atoms with Crippen LogP contribution in [0.5, 0.6) is 11.5 Å². The van der Waals surface area contributed by atoms with Crippen molar-refractivity contribution in [2.45, 2.75) is 13.5 Å². The van der Waals surface area contributed by atoms with Crippen molar-refractivity contribution in [1.29, 1.82) is 0 Å². The van der Waals surface area contributed by atoms with Gasteiger partial charge in [-0.3, -0.25) is 9.69 Å². The van der Waals surface area contributed by atoms with E-state index in [1.54, 1.807) is 38.3 Å². The molecular formula is C20H19BrN2O4. The predicted octanol–water partition coefficient (Wildman–Crippen LogP) is 3.95. The number of benzene rings is 2. The normalized spacial score (nSPS) is 15.2. The summed E-state index contributed by atoms with van der Waals surface area (Å²) in [6, 6.07) is 12.8. The first-order valence-electron chi connectivity index (χ1n) is 8.41. The highest BCUT2D eigenvalue weighted by Gasteiger charge is 2.31. The number of halogens is 1. The summed E-state index contributed by atoms with van der Waals surface area (Å²) in [7, 11) is 1.56. The van der Waals surface area contributed by atoms with E-state index in [2.05, 4.69) is 21.2 Å². The molecule has 2 aromatic rings. The second kappa shape index (κ2) is 8.26. The number of rotatable bonds is 6. The number of amides is 3. The monoisotopic (exact) mass is 430 g/mol. The zero-order valence-electron chi connectivity index (χ0n) is 15.0. The highest BCUT2D eigenvalue weighted by Crippen LogP contribution is 2.30. The maximum atomic E-state index is 12.2. The summed E-state index contributed by atoms with van der Waals surface area (Å²) in [5, 5.41) is 2.58. The third-order valence-electron chi connectivity index (χ3n) is 4.08. The Morgan fingerprint density at radius 2 is 1.85 bits per heavy atom. The number of nitrogens with one attached hydrogen (secondary N) is 1. The number of carbonyl (C=O) groups excluding carboxylic acids is 2. The quantitative estimate of drug-likeness (QED) is 0.556. The molecule has 0 spiro atoms. The molecule has 0 aliphatic carbocycles. The fourth-order valence-corrected chi connectivity index (χ4v) is 2.92. The van der Waals surface area contributed by atoms with E-state index in [9.17, 15) is 9.59 Å². The summed E-state index contributed by atoms with van der Waals surface area (Å²) in [5.41, 5.74) is 2.00. The third-order valence-corrected chi connectivity index (χ3v) is 4.61. The standard InChI is InChI=1S/C20H19BrN2O4/c1-3-23-19(24)16(22-20(23)25)10-14-6-9-17(18(11-14)26-2)27-12-13-4-7-15(21)8-5-13/h4-11H,3,12H2,1-2H3,(H,22,25)/b16-10+. The molecule has 1 N–H and O–H groups in total. The molecule has 0 saturated carbocycles. The summed E-state index contributed by atoms with van der Waals surface area (Å²) < 4.78 is 12.3. The second-order valence-electron chi connectivity index (χ2n) is 5.86. The van der Waals surface area contributed by atoms with E-state index in [-0.39, 0.29) is 11.6 Å². The van der Waals surface area contributed by atoms with Gasteiger partial charge >= 0.3 is 6.03 Å². The van der Waals surface area contributed by atoms with Crippen LogP contribution in [0.3, 0.4) is 0 Å². The Kier molecular flexibility index (Phi) is 5.81. The van der Waals surface area contributed by atoms with Crippen LogP contribution in [-0.2, 0) is 11.4 Å². The lowest BCUT2D eigenvalue weighted by Gasteiger charge is -2.12. The largest absolute Gasteiger partial charge is 0.493 e. The van der Waals surface area contributed by atoms with Gasteiger partial charge in [0.25, 0.3) is 5.91 Å². The molecular weight excluding hydrogens is 412 g/mol. The molecule has 0 atom stereocenters. The lowest BCUT2D eigenvalue weighted by Crippen LogP contribution is -2.30. The van der Waals surface area contributed by atoms with E-state index in [0.29, 0.717) is 24.7 Å². The SMILES string of the molecule is CCN1C(=O)N/C(=C/c2ccc(OCc3ccc(Br)cc3)c(OC)c2)C1=O. The van der Waals surface area contributed by atoms with Crippen LogP contribution in [0.25, 0.3) is 6.08 Å². The van der Waals surface area contributed by atoms with Crippen molar-refractivity contribution in [3.63, 3.8) is 0 Å². The molecule has 6 nitrogen and oxygen atoms in total. The number of methoxy groups -OCH3 is 1. The third kappa shape index (κ3) is 4.31. The van der Waals surface area contributed by atoms with Gasteiger partial charge in [-0.25, -0.2) is 4.79 Å². The van der Waals surface area contributed by atoms with Crippen LogP contribution >= 0.6 is 15.9 Å². The van der Waals surface area contributed by atoms with E-state index in [1.807, 2.05) is 24.3 Å². The highest BCUT2D eigenvalue weighted by molar-refractivity contribution is 9.10. The van der Waals surface area contributed by atoms with Crippen LogP contribution in [-0.4, -0.2) is 30.5 Å². The van der Waals surface area contributed by atoms with Crippen molar-refractivity contribution in [1.82, 2.24) is 10.2 Å². The summed E-state index contributed by atoms with van der Waals surface area (Å²) in [6.45, 7) is 2.49. The average Bonchev–Trinajstić information content (AvgIpc) is 2.94. The minimum absolute atomic E-state index is 0.243. The van der Waals surface area contributed by atoms with Crippen LogP contribution in [0.15, 0.2) is 52.6 Å². The van der Waals surface area contributed by atoms with Crippen molar-refractivity contribution in [3.8, 4) is 11.5 Å². The van der Waals surface area contributed by atoms with Crippen molar-refractivity contribution in [2.75, 3.05) is 13.7 Å². The number of nitrogens with zero attached hydrogens (tertiary/aromatic N) is 1. The number of hydrogen-bond acceptors (Lipinski definition) is 4. The predicted molar refractivity (Wildman–Crippen MR) is 105 cm³/mol. The molecule has 1 aliphatic rings. The minimum Gasteiger partial charge on any atom is -0.493 e. The van der Waals surface area contributed by atoms with Gasteiger partial charge in [-0.05, 0) is 48.4 Å². The molecule has 1 saturated heterocycles. The highest BCUT2D eigenvalue weighted by atomic mass is 79.9. The number of carbonyl (C=O) groups is 2. The van der Waals surface area contributed by atoms with E-state index in [0.717, 1.165) is 20.5 Å². The van der Waals surface area contributed by atoms with Crippen LogP contribution in [0, 0.1) is 0 Å². The number of ether oxygens (including phenoxy) is 2. The summed E-state index contributed by atoms with van der Waals surface area (Å²) in [5.74, 6) is 0.808. The Hall–Kier alpha value is -2.80. The molecule has 0 bridgehead atoms. The van der Waals surface area contributed by atoms with Crippen molar-refractivity contribution >= 4 is 33.9 Å². The van der Waals surface area contributed by atoms with Crippen LogP contribution in [0.4, 0.5) is 4.79 Å². The van der Waals surface area contributed by atoms with Crippen molar-refractivity contribution in [3.05, 3.63) is 63.8 Å². The molecule has 140 valence electrons. The van der Waals surface area contributed by atoms with E-state index in [1.165, 1.54) is 0 Å². The average molecular weight is 431 g/mol. The summed E-state index contributed by atoms with van der Waals surface area (Å²) >= 11 is 3.40. The molecule has 0 unspecified atom stereocenters. The zero-order chi connectivity index (χ0) is 19.4. The van der Waals surface area contributed by atoms with Crippen LogP contribution < -0.4 is 14.8 Å². The van der Waals surface area contributed by atoms with E-state index < -0.39 is 6.03 Å². The first-order valence-corrected chi connectivity index (χ1v) is 9.21. The van der Waals surface area contributed by atoms with Crippen molar-refractivity contribution < 1.29 is 19.1 Å². The van der Waals surface area contributed by atoms with E-state index >= 15 is 0 Å². The Labute approximate surface area is 165 Å². The molecule has 1 fully saturated rings. The van der Waals surface area contributed by atoms with Gasteiger partial charge in [-0.15, -0.1) is 0 Å². The molecule has 1 heterocycles. The van der Waals surface area contributed by atoms with Gasteiger partial charge in [0, 0.05) is 11.0 Å². The number of likely N-dealkylation sites (N-methyl/N-ethyl adjacent to an activating group) is 1. The number of imide groups is 1. The molecule has 7 heteroatoms. The first kappa shape index (κ1) is 19.0. The smallest absolute Gasteiger partial charge is 0.328 e. The lowest BCUT2D eigenvalue weighted by atomic mass is 10.1. The zero-order valence-corrected chi connectivity index (χ0v) is 16.6. The Bertz CT molecular complexity index is 893. The second-order valence-corrected chi connectivity index (χ2v) is 6.78. The van der Waals surface area contributed by atoms with Gasteiger partial charge in [-0.2, -0.15) is 0 Å². The molecule has 0 aromatic heterocycles. The maximum Gasteiger partial charge on any atom is 0.328 e. The van der Waals surface area contributed by atoms with Gasteiger partial charge in [0.2, 0.25) is 0 Å². The molecule has 3 amide bonds. The summed E-state index contributed by atoms with van der Waals surface area (Å²) in [6.07, 6.45) is 1.62. The van der Waals surface area contributed by atoms with Gasteiger partial charge in [0.15, 0.2) is 11.5 Å². The Morgan fingerprint density at radius 1 is 1.11 bits per heavy atom. The Balaban J connectivity index is 1.76. The molecule has 3 rings (SSSR count). The summed E-state index contributed by atoms with van der Waals surface area (Å²) in [4.78, 5) is 25.1. The van der Waals surface area contributed by atoms with E-state index in [4.69, 9.17) is 9.47 Å². The molecule has 0 radical (unpaired) electrons. The Morgan fingerprint density at radius 3 is 2.48 bits per heavy atom. The fourth-order valence-electron chi connectivity index (χ4n) is 2.66. The lowest BCUT2D eigenvalue weighted by molar-refractivity contribution is -0.122. The van der Waals surface area contributed by atoms with Crippen LogP contribution in [0.1, 0.15) is 18.1 Å². The van der Waals surface area contributed by atoms with Gasteiger partial charge < -0.3 is 14.8 Å². The number of urea groups is 1. The van der Waals surface area contributed by atoms with Crippen LogP contribution in [0.2, 0.25) is 0 Å². The minimum atomic E-state index is -0.407. The molecule has 27 heavy (non-hydrogen) atoms. The number of hydrogen-bond donors (Lipinski definition) is 1.